The summed E-state index contributed by atoms with van der Waals surface area (Å²) in [7, 11) is 0. The monoisotopic (exact) mass is 190 g/mol. The minimum Gasteiger partial charge on any atom is -0.439 e. The van der Waals surface area contributed by atoms with Crippen molar-refractivity contribution in [2.75, 3.05) is 0 Å². The summed E-state index contributed by atoms with van der Waals surface area (Å²) >= 11 is 1.57. The van der Waals surface area contributed by atoms with E-state index in [1.165, 1.54) is 11.8 Å². The number of oxazole rings is 1. The first-order valence-corrected chi connectivity index (χ1v) is 4.92. The van der Waals surface area contributed by atoms with Crippen LogP contribution in [0.2, 0.25) is 0 Å². The number of aromatic nitrogens is 1. The summed E-state index contributed by atoms with van der Waals surface area (Å²) in [6, 6.07) is 10.2. The van der Waals surface area contributed by atoms with E-state index in [9.17, 15) is 0 Å². The molecule has 0 fully saturated rings. The molecule has 1 aromatic heterocycles. The quantitative estimate of drug-likeness (QED) is 0.696. The van der Waals surface area contributed by atoms with Crippen molar-refractivity contribution in [1.82, 2.24) is 4.98 Å². The van der Waals surface area contributed by atoms with E-state index in [0.717, 1.165) is 5.75 Å². The molecule has 65 valence electrons. The summed E-state index contributed by atoms with van der Waals surface area (Å²) in [4.78, 5) is 3.90. The van der Waals surface area contributed by atoms with Gasteiger partial charge in [0.05, 0.1) is 0 Å². The average molecular weight is 190 g/mol. The Morgan fingerprint density at radius 2 is 2.15 bits per heavy atom. The van der Waals surface area contributed by atoms with E-state index in [4.69, 9.17) is 4.42 Å². The lowest BCUT2D eigenvalue weighted by Crippen LogP contribution is -1.78. The molecule has 0 unspecified atom stereocenters. The highest BCUT2D eigenvalue weighted by Gasteiger charge is 1.98. The summed E-state index contributed by atoms with van der Waals surface area (Å²) in [5.74, 6) is 0.884. The van der Waals surface area contributed by atoms with Crippen LogP contribution in [0.5, 0.6) is 0 Å². The first-order chi connectivity index (χ1) is 6.45. The van der Waals surface area contributed by atoms with E-state index in [-0.39, 0.29) is 0 Å². The van der Waals surface area contributed by atoms with Crippen LogP contribution in [0, 0.1) is 6.20 Å². The third-order valence-electron chi connectivity index (χ3n) is 1.57. The van der Waals surface area contributed by atoms with E-state index in [1.54, 1.807) is 11.8 Å². The van der Waals surface area contributed by atoms with Gasteiger partial charge < -0.3 is 4.42 Å². The molecule has 3 heteroatoms. The number of rotatable bonds is 3. The average Bonchev–Trinajstić information content (AvgIpc) is 2.69. The smallest absolute Gasteiger partial charge is 0.256 e. The van der Waals surface area contributed by atoms with Gasteiger partial charge in [0.1, 0.15) is 12.5 Å². The third kappa shape index (κ3) is 2.36. The summed E-state index contributed by atoms with van der Waals surface area (Å²) in [5, 5.41) is 0.670. The Morgan fingerprint density at radius 3 is 2.85 bits per heavy atom. The molecule has 0 atom stereocenters. The number of nitrogens with zero attached hydrogens (tertiary/aromatic N) is 1. The Hall–Kier alpha value is -1.22. The van der Waals surface area contributed by atoms with Gasteiger partial charge in [0.15, 0.2) is 0 Å². The second-order valence-electron chi connectivity index (χ2n) is 2.52. The van der Waals surface area contributed by atoms with Crippen LogP contribution >= 0.6 is 11.8 Å². The molecule has 2 nitrogen and oxygen atoms in total. The van der Waals surface area contributed by atoms with Gasteiger partial charge in [-0.1, -0.05) is 42.1 Å². The normalized spacial score (nSPS) is 10.2. The van der Waals surface area contributed by atoms with Crippen molar-refractivity contribution in [2.45, 2.75) is 11.0 Å². The van der Waals surface area contributed by atoms with Crippen molar-refractivity contribution in [3.05, 3.63) is 48.4 Å². The van der Waals surface area contributed by atoms with Crippen molar-refractivity contribution in [2.24, 2.45) is 0 Å². The van der Waals surface area contributed by atoms with Gasteiger partial charge in [0, 0.05) is 5.75 Å². The van der Waals surface area contributed by atoms with E-state index < -0.39 is 0 Å². The molecule has 0 amide bonds. The van der Waals surface area contributed by atoms with Gasteiger partial charge in [-0.3, -0.25) is 0 Å². The van der Waals surface area contributed by atoms with Crippen LogP contribution in [0.15, 0.2) is 46.2 Å². The SMILES string of the molecule is [c]1coc(SCc2ccccc2)n1. The maximum atomic E-state index is 5.05. The highest BCUT2D eigenvalue weighted by atomic mass is 32.2. The van der Waals surface area contributed by atoms with Crippen molar-refractivity contribution >= 4 is 11.8 Å². The minimum absolute atomic E-state index is 0.670. The van der Waals surface area contributed by atoms with Crippen molar-refractivity contribution in [3.8, 4) is 0 Å². The second-order valence-corrected chi connectivity index (χ2v) is 3.44. The van der Waals surface area contributed by atoms with E-state index in [1.807, 2.05) is 18.2 Å². The third-order valence-corrected chi connectivity index (χ3v) is 2.49. The molecule has 0 bridgehead atoms. The van der Waals surface area contributed by atoms with Crippen LogP contribution in [0.1, 0.15) is 5.56 Å². The molecule has 0 aliphatic carbocycles. The molecular formula is C10H8NOS. The molecule has 1 heterocycles. The summed E-state index contributed by atoms with van der Waals surface area (Å²) < 4.78 is 5.05. The zero-order valence-corrected chi connectivity index (χ0v) is 7.75. The lowest BCUT2D eigenvalue weighted by Gasteiger charge is -1.96. The Morgan fingerprint density at radius 1 is 1.31 bits per heavy atom. The first-order valence-electron chi connectivity index (χ1n) is 3.93. The zero-order valence-electron chi connectivity index (χ0n) is 6.93. The Kier molecular flexibility index (Phi) is 2.67. The second kappa shape index (κ2) is 4.14. The fourth-order valence-corrected chi connectivity index (χ4v) is 1.68. The predicted octanol–water partition coefficient (Wildman–Crippen LogP) is 2.77. The highest BCUT2D eigenvalue weighted by Crippen LogP contribution is 2.19. The fraction of sp³-hybridized carbons (Fsp3) is 0.100. The molecule has 0 saturated carbocycles. The molecule has 1 radical (unpaired) electrons. The van der Waals surface area contributed by atoms with Crippen LogP contribution in [-0.2, 0) is 5.75 Å². The molecule has 0 N–H and O–H groups in total. The van der Waals surface area contributed by atoms with Crippen LogP contribution in [0.4, 0.5) is 0 Å². The summed E-state index contributed by atoms with van der Waals surface area (Å²) in [5.41, 5.74) is 1.27. The molecular weight excluding hydrogens is 182 g/mol. The molecule has 13 heavy (non-hydrogen) atoms. The summed E-state index contributed by atoms with van der Waals surface area (Å²) in [6.45, 7) is 0. The van der Waals surface area contributed by atoms with E-state index in [2.05, 4.69) is 23.3 Å². The zero-order chi connectivity index (χ0) is 8.93. The lowest BCUT2D eigenvalue weighted by atomic mass is 10.2. The van der Waals surface area contributed by atoms with Gasteiger partial charge in [-0.2, -0.15) is 0 Å². The van der Waals surface area contributed by atoms with Gasteiger partial charge in [-0.25, -0.2) is 4.98 Å². The number of hydrogen-bond donors (Lipinski definition) is 0. The summed E-state index contributed by atoms with van der Waals surface area (Å²) in [6.07, 6.45) is 4.09. The van der Waals surface area contributed by atoms with Crippen LogP contribution in [0.3, 0.4) is 0 Å². The number of benzene rings is 1. The van der Waals surface area contributed by atoms with E-state index in [0.29, 0.717) is 5.22 Å². The minimum atomic E-state index is 0.670. The lowest BCUT2D eigenvalue weighted by molar-refractivity contribution is 0.454. The fourth-order valence-electron chi connectivity index (χ4n) is 0.968. The van der Waals surface area contributed by atoms with Gasteiger partial charge in [0.25, 0.3) is 5.22 Å². The maximum absolute atomic E-state index is 5.05. The van der Waals surface area contributed by atoms with Gasteiger partial charge in [-0.15, -0.1) is 0 Å². The Balaban J connectivity index is 1.94. The molecule has 0 spiro atoms. The molecule has 2 rings (SSSR count). The van der Waals surface area contributed by atoms with Crippen LogP contribution < -0.4 is 0 Å². The van der Waals surface area contributed by atoms with E-state index >= 15 is 0 Å². The van der Waals surface area contributed by atoms with Crippen molar-refractivity contribution in [1.29, 1.82) is 0 Å². The molecule has 0 saturated heterocycles. The standard InChI is InChI=1S/C10H8NOS/c1-2-4-9(5-3-1)8-13-10-11-6-7-12-10/h1-5,7H,8H2. The molecule has 1 aromatic carbocycles. The first kappa shape index (κ1) is 8.38. The highest BCUT2D eigenvalue weighted by molar-refractivity contribution is 7.98. The maximum Gasteiger partial charge on any atom is 0.256 e. The predicted molar refractivity (Wildman–Crippen MR) is 51.3 cm³/mol. The van der Waals surface area contributed by atoms with Crippen LogP contribution in [0.25, 0.3) is 0 Å². The number of thioether (sulfide) groups is 1. The van der Waals surface area contributed by atoms with Gasteiger partial charge >= 0.3 is 0 Å². The largest absolute Gasteiger partial charge is 0.439 e. The Labute approximate surface area is 81.0 Å². The molecule has 2 aromatic rings. The molecule has 0 aliphatic rings. The Bertz CT molecular complexity index is 344. The molecule has 0 aliphatic heterocycles. The van der Waals surface area contributed by atoms with Gasteiger partial charge in [0.2, 0.25) is 0 Å². The number of hydrogen-bond acceptors (Lipinski definition) is 3. The van der Waals surface area contributed by atoms with Crippen LogP contribution in [-0.4, -0.2) is 4.98 Å². The van der Waals surface area contributed by atoms with Gasteiger partial charge in [-0.05, 0) is 5.56 Å². The van der Waals surface area contributed by atoms with Crippen molar-refractivity contribution < 1.29 is 4.42 Å². The topological polar surface area (TPSA) is 26.0 Å². The van der Waals surface area contributed by atoms with Crippen molar-refractivity contribution in [3.63, 3.8) is 0 Å².